The van der Waals surface area contributed by atoms with Crippen molar-refractivity contribution in [1.82, 2.24) is 19.9 Å². The maximum absolute atomic E-state index is 12.6. The molecule has 2 aromatic heterocycles. The van der Waals surface area contributed by atoms with Crippen molar-refractivity contribution in [3.8, 4) is 0 Å². The van der Waals surface area contributed by atoms with Gasteiger partial charge in [-0.1, -0.05) is 0 Å². The largest absolute Gasteiger partial charge is 0.367 e. The summed E-state index contributed by atoms with van der Waals surface area (Å²) in [6, 6.07) is 5.52. The van der Waals surface area contributed by atoms with Crippen LogP contribution < -0.4 is 0 Å². The van der Waals surface area contributed by atoms with Crippen LogP contribution in [-0.4, -0.2) is 45.0 Å². The van der Waals surface area contributed by atoms with Crippen molar-refractivity contribution >= 4 is 5.91 Å². The number of aromatic nitrogens is 3. The maximum Gasteiger partial charge on any atom is 0.255 e. The lowest BCUT2D eigenvalue weighted by atomic mass is 9.91. The molecular formula is C18H20N4O2. The monoisotopic (exact) mass is 324 g/mol. The second-order valence-electron chi connectivity index (χ2n) is 6.47. The highest BCUT2D eigenvalue weighted by molar-refractivity contribution is 5.93. The molecule has 24 heavy (non-hydrogen) atoms. The molecule has 2 fully saturated rings. The van der Waals surface area contributed by atoms with Crippen LogP contribution in [0, 0.1) is 12.8 Å². The number of likely N-dealkylation sites (tertiary alicyclic amines) is 1. The predicted octanol–water partition coefficient (Wildman–Crippen LogP) is 2.17. The van der Waals surface area contributed by atoms with Crippen molar-refractivity contribution in [1.29, 1.82) is 0 Å². The quantitative estimate of drug-likeness (QED) is 0.847. The lowest BCUT2D eigenvalue weighted by Gasteiger charge is -2.34. The third-order valence-corrected chi connectivity index (χ3v) is 4.87. The first-order valence-corrected chi connectivity index (χ1v) is 8.35. The fraction of sp³-hybridized carbons (Fsp3) is 0.444. The molecule has 4 rings (SSSR count). The molecule has 2 aliphatic heterocycles. The lowest BCUT2D eigenvalue weighted by molar-refractivity contribution is -0.00569. The number of hydrogen-bond acceptors (Lipinski definition) is 5. The maximum atomic E-state index is 12.6. The third kappa shape index (κ3) is 2.89. The summed E-state index contributed by atoms with van der Waals surface area (Å²) in [5.41, 5.74) is 1.58. The van der Waals surface area contributed by atoms with E-state index in [2.05, 4.69) is 15.0 Å². The van der Waals surface area contributed by atoms with Crippen LogP contribution in [0.3, 0.4) is 0 Å². The van der Waals surface area contributed by atoms with E-state index in [0.29, 0.717) is 18.0 Å². The minimum Gasteiger partial charge on any atom is -0.367 e. The summed E-state index contributed by atoms with van der Waals surface area (Å²) >= 11 is 0. The molecular weight excluding hydrogens is 304 g/mol. The first kappa shape index (κ1) is 15.2. The van der Waals surface area contributed by atoms with Crippen LogP contribution in [0.4, 0.5) is 0 Å². The number of amides is 1. The molecule has 2 aliphatic rings. The van der Waals surface area contributed by atoms with Gasteiger partial charge in [0.1, 0.15) is 11.9 Å². The van der Waals surface area contributed by atoms with Gasteiger partial charge < -0.3 is 9.64 Å². The van der Waals surface area contributed by atoms with Crippen molar-refractivity contribution in [2.45, 2.75) is 32.0 Å². The Hall–Kier alpha value is -2.34. The Balaban J connectivity index is 1.45. The number of pyridine rings is 1. The average Bonchev–Trinajstić information content (AvgIpc) is 3.05. The van der Waals surface area contributed by atoms with Gasteiger partial charge in [-0.25, -0.2) is 9.97 Å². The molecule has 4 heterocycles. The van der Waals surface area contributed by atoms with E-state index >= 15 is 0 Å². The number of nitrogens with zero attached hydrogens (tertiary/aromatic N) is 4. The van der Waals surface area contributed by atoms with Crippen LogP contribution in [0.1, 0.15) is 40.8 Å². The summed E-state index contributed by atoms with van der Waals surface area (Å²) in [5.74, 6) is 1.29. The summed E-state index contributed by atoms with van der Waals surface area (Å²) < 4.78 is 6.22. The van der Waals surface area contributed by atoms with Gasteiger partial charge in [-0.05, 0) is 43.9 Å². The summed E-state index contributed by atoms with van der Waals surface area (Å²) in [6.45, 7) is 3.30. The molecule has 0 bridgehead atoms. The molecule has 124 valence electrons. The zero-order chi connectivity index (χ0) is 16.5. The van der Waals surface area contributed by atoms with Gasteiger partial charge in [0.2, 0.25) is 0 Å². The van der Waals surface area contributed by atoms with Crippen LogP contribution in [0.15, 0.2) is 36.8 Å². The third-order valence-electron chi connectivity index (χ3n) is 4.87. The average molecular weight is 324 g/mol. The summed E-state index contributed by atoms with van der Waals surface area (Å²) in [7, 11) is 0. The van der Waals surface area contributed by atoms with Gasteiger partial charge in [-0.15, -0.1) is 0 Å². The Bertz CT molecular complexity index is 737. The molecule has 0 aliphatic carbocycles. The summed E-state index contributed by atoms with van der Waals surface area (Å²) in [4.78, 5) is 27.1. The number of carbonyl (C=O) groups excluding carboxylic acids is 1. The fourth-order valence-electron chi connectivity index (χ4n) is 3.63. The second kappa shape index (κ2) is 6.28. The normalized spacial score (nSPS) is 26.2. The standard InChI is InChI=1S/C18H20N4O2/c1-12-20-7-4-15(21-12)16-9-13-5-8-22(11-17(13)24-16)18(23)14-3-2-6-19-10-14/h2-4,6-7,10,13,16-17H,5,8-9,11H2,1H3/t13-,16-,17+/m0/s1. The van der Waals surface area contributed by atoms with Crippen LogP contribution in [0.25, 0.3) is 0 Å². The first-order valence-electron chi connectivity index (χ1n) is 8.35. The van der Waals surface area contributed by atoms with Crippen molar-refractivity contribution in [2.75, 3.05) is 13.1 Å². The zero-order valence-electron chi connectivity index (χ0n) is 13.6. The van der Waals surface area contributed by atoms with E-state index in [-0.39, 0.29) is 18.1 Å². The molecule has 0 aromatic carbocycles. The lowest BCUT2D eigenvalue weighted by Crippen LogP contribution is -2.45. The van der Waals surface area contributed by atoms with E-state index in [9.17, 15) is 4.79 Å². The Labute approximate surface area is 140 Å². The van der Waals surface area contributed by atoms with Crippen molar-refractivity contribution in [2.24, 2.45) is 5.92 Å². The van der Waals surface area contributed by atoms with E-state index < -0.39 is 0 Å². The van der Waals surface area contributed by atoms with Crippen molar-refractivity contribution < 1.29 is 9.53 Å². The van der Waals surface area contributed by atoms with Crippen molar-refractivity contribution in [3.63, 3.8) is 0 Å². The minimum atomic E-state index is 0.00939. The SMILES string of the molecule is Cc1nccc([C@@H]2C[C@@H]3CCN(C(=O)c4cccnc4)C[C@H]3O2)n1. The molecule has 2 saturated heterocycles. The van der Waals surface area contributed by atoms with Gasteiger partial charge in [0.15, 0.2) is 0 Å². The van der Waals surface area contributed by atoms with Gasteiger partial charge in [-0.3, -0.25) is 9.78 Å². The van der Waals surface area contributed by atoms with Crippen LogP contribution in [0.2, 0.25) is 0 Å². The van der Waals surface area contributed by atoms with Crippen LogP contribution >= 0.6 is 0 Å². The molecule has 3 atom stereocenters. The number of aryl methyl sites for hydroxylation is 1. The highest BCUT2D eigenvalue weighted by Crippen LogP contribution is 2.40. The van der Waals surface area contributed by atoms with E-state index in [1.807, 2.05) is 24.0 Å². The predicted molar refractivity (Wildman–Crippen MR) is 87.2 cm³/mol. The number of carbonyl (C=O) groups is 1. The van der Waals surface area contributed by atoms with E-state index in [4.69, 9.17) is 4.74 Å². The van der Waals surface area contributed by atoms with E-state index in [0.717, 1.165) is 30.9 Å². The highest BCUT2D eigenvalue weighted by atomic mass is 16.5. The highest BCUT2D eigenvalue weighted by Gasteiger charge is 2.41. The molecule has 1 amide bonds. The second-order valence-corrected chi connectivity index (χ2v) is 6.47. The molecule has 2 aromatic rings. The van der Waals surface area contributed by atoms with Gasteiger partial charge >= 0.3 is 0 Å². The van der Waals surface area contributed by atoms with E-state index in [1.165, 1.54) is 0 Å². The minimum absolute atomic E-state index is 0.00939. The van der Waals surface area contributed by atoms with Gasteiger partial charge in [-0.2, -0.15) is 0 Å². The van der Waals surface area contributed by atoms with E-state index in [1.54, 1.807) is 24.7 Å². The molecule has 0 saturated carbocycles. The van der Waals surface area contributed by atoms with Crippen LogP contribution in [0.5, 0.6) is 0 Å². The van der Waals surface area contributed by atoms with Gasteiger partial charge in [0, 0.05) is 31.7 Å². The fourth-order valence-corrected chi connectivity index (χ4v) is 3.63. The smallest absolute Gasteiger partial charge is 0.255 e. The van der Waals surface area contributed by atoms with Gasteiger partial charge in [0.05, 0.1) is 17.4 Å². The molecule has 0 spiro atoms. The zero-order valence-corrected chi connectivity index (χ0v) is 13.6. The first-order chi connectivity index (χ1) is 11.7. The number of rotatable bonds is 2. The Morgan fingerprint density at radius 1 is 1.33 bits per heavy atom. The molecule has 0 radical (unpaired) electrons. The number of ether oxygens (including phenoxy) is 1. The van der Waals surface area contributed by atoms with Gasteiger partial charge in [0.25, 0.3) is 5.91 Å². The molecule has 6 heteroatoms. The topological polar surface area (TPSA) is 68.2 Å². The molecule has 0 N–H and O–H groups in total. The molecule has 0 unspecified atom stereocenters. The summed E-state index contributed by atoms with van der Waals surface area (Å²) in [6.07, 6.45) is 7.11. The number of fused-ring (bicyclic) bond motifs is 1. The Morgan fingerprint density at radius 3 is 3.04 bits per heavy atom. The van der Waals surface area contributed by atoms with Crippen LogP contribution in [-0.2, 0) is 4.74 Å². The Kier molecular flexibility index (Phi) is 3.98. The Morgan fingerprint density at radius 2 is 2.25 bits per heavy atom. The summed E-state index contributed by atoms with van der Waals surface area (Å²) in [5, 5.41) is 0. The number of piperidine rings is 1. The van der Waals surface area contributed by atoms with Crippen molar-refractivity contribution in [3.05, 3.63) is 53.9 Å². The number of hydrogen-bond donors (Lipinski definition) is 0. The molecule has 6 nitrogen and oxygen atoms in total.